The first-order valence-corrected chi connectivity index (χ1v) is 7.01. The van der Waals surface area contributed by atoms with Gasteiger partial charge in [0.2, 0.25) is 0 Å². The summed E-state index contributed by atoms with van der Waals surface area (Å²) in [4.78, 5) is 0. The number of aliphatic hydroxyl groups is 1. The fraction of sp³-hybridized carbons (Fsp3) is 0.294. The zero-order valence-corrected chi connectivity index (χ0v) is 12.2. The number of hydrogen-bond donors (Lipinski definition) is 2. The molecule has 112 valence electrons. The maximum absolute atomic E-state index is 10.6. The molecule has 0 bridgehead atoms. The lowest BCUT2D eigenvalue weighted by molar-refractivity contribution is -0.00145. The predicted octanol–water partition coefficient (Wildman–Crippen LogP) is 2.31. The summed E-state index contributed by atoms with van der Waals surface area (Å²) in [5.41, 5.74) is 5.27. The summed E-state index contributed by atoms with van der Waals surface area (Å²) < 4.78 is 11.0. The Labute approximate surface area is 125 Å². The van der Waals surface area contributed by atoms with Gasteiger partial charge in [0, 0.05) is 6.54 Å². The van der Waals surface area contributed by atoms with E-state index in [1.54, 1.807) is 0 Å². The van der Waals surface area contributed by atoms with Gasteiger partial charge in [-0.3, -0.25) is 0 Å². The van der Waals surface area contributed by atoms with E-state index in [0.29, 0.717) is 12.4 Å². The van der Waals surface area contributed by atoms with Gasteiger partial charge in [-0.2, -0.15) is 0 Å². The van der Waals surface area contributed by atoms with E-state index in [1.165, 1.54) is 0 Å². The van der Waals surface area contributed by atoms with Gasteiger partial charge in [-0.15, -0.1) is 0 Å². The fourth-order valence-corrected chi connectivity index (χ4v) is 2.01. The predicted molar refractivity (Wildman–Crippen MR) is 82.5 cm³/mol. The maximum atomic E-state index is 10.6. The third kappa shape index (κ3) is 3.97. The van der Waals surface area contributed by atoms with Gasteiger partial charge in [-0.1, -0.05) is 30.3 Å². The van der Waals surface area contributed by atoms with Gasteiger partial charge in [-0.25, -0.2) is 0 Å². The Morgan fingerprint density at radius 1 is 0.952 bits per heavy atom. The quantitative estimate of drug-likeness (QED) is 0.820. The van der Waals surface area contributed by atoms with Gasteiger partial charge in [0.25, 0.3) is 0 Å². The van der Waals surface area contributed by atoms with Crippen molar-refractivity contribution in [3.63, 3.8) is 0 Å². The minimum absolute atomic E-state index is 0.0913. The minimum atomic E-state index is -1.19. The number of rotatable bonds is 7. The van der Waals surface area contributed by atoms with E-state index in [9.17, 15) is 5.11 Å². The van der Waals surface area contributed by atoms with Crippen LogP contribution in [-0.2, 0) is 5.60 Å². The molecular formula is C17H21NO3. The third-order valence-corrected chi connectivity index (χ3v) is 3.26. The lowest BCUT2D eigenvalue weighted by atomic mass is 9.95. The van der Waals surface area contributed by atoms with Crippen LogP contribution >= 0.6 is 0 Å². The van der Waals surface area contributed by atoms with E-state index in [-0.39, 0.29) is 13.2 Å². The molecule has 0 aliphatic carbocycles. The van der Waals surface area contributed by atoms with E-state index in [2.05, 4.69) is 0 Å². The molecule has 0 saturated carbocycles. The SMILES string of the molecule is CCOc1ccc(OCC(O)(CN)c2ccccc2)cc1. The van der Waals surface area contributed by atoms with Crippen LogP contribution in [0, 0.1) is 0 Å². The molecule has 0 aliphatic heterocycles. The summed E-state index contributed by atoms with van der Waals surface area (Å²) in [6, 6.07) is 16.6. The van der Waals surface area contributed by atoms with Crippen LogP contribution in [0.15, 0.2) is 54.6 Å². The summed E-state index contributed by atoms with van der Waals surface area (Å²) in [7, 11) is 0. The summed E-state index contributed by atoms with van der Waals surface area (Å²) in [5.74, 6) is 1.46. The number of benzene rings is 2. The third-order valence-electron chi connectivity index (χ3n) is 3.26. The number of hydrogen-bond acceptors (Lipinski definition) is 4. The molecular weight excluding hydrogens is 266 g/mol. The topological polar surface area (TPSA) is 64.7 Å². The van der Waals surface area contributed by atoms with Gasteiger partial charge in [0.1, 0.15) is 23.7 Å². The molecule has 2 rings (SSSR count). The molecule has 1 atom stereocenters. The molecule has 3 N–H and O–H groups in total. The van der Waals surface area contributed by atoms with E-state index in [4.69, 9.17) is 15.2 Å². The molecule has 0 fully saturated rings. The molecule has 4 heteroatoms. The van der Waals surface area contributed by atoms with Crippen molar-refractivity contribution >= 4 is 0 Å². The standard InChI is InChI=1S/C17H21NO3/c1-2-20-15-8-10-16(11-9-15)21-13-17(19,12-18)14-6-4-3-5-7-14/h3-11,19H,2,12-13,18H2,1H3. The van der Waals surface area contributed by atoms with Crippen molar-refractivity contribution in [1.82, 2.24) is 0 Å². The second kappa shape index (κ2) is 7.11. The van der Waals surface area contributed by atoms with Crippen molar-refractivity contribution in [2.24, 2.45) is 5.73 Å². The second-order valence-electron chi connectivity index (χ2n) is 4.79. The van der Waals surface area contributed by atoms with Crippen LogP contribution in [0.2, 0.25) is 0 Å². The van der Waals surface area contributed by atoms with E-state index in [0.717, 1.165) is 11.3 Å². The highest BCUT2D eigenvalue weighted by Crippen LogP contribution is 2.23. The monoisotopic (exact) mass is 287 g/mol. The summed E-state index contributed by atoms with van der Waals surface area (Å²) >= 11 is 0. The Bertz CT molecular complexity index is 542. The highest BCUT2D eigenvalue weighted by atomic mass is 16.5. The first-order chi connectivity index (χ1) is 10.2. The van der Waals surface area contributed by atoms with Gasteiger partial charge in [-0.05, 0) is 36.8 Å². The van der Waals surface area contributed by atoms with Crippen LogP contribution in [0.1, 0.15) is 12.5 Å². The highest BCUT2D eigenvalue weighted by Gasteiger charge is 2.28. The molecule has 0 aliphatic rings. The van der Waals surface area contributed by atoms with Crippen molar-refractivity contribution in [2.45, 2.75) is 12.5 Å². The van der Waals surface area contributed by atoms with Crippen molar-refractivity contribution < 1.29 is 14.6 Å². The summed E-state index contributed by atoms with van der Waals surface area (Å²) in [6.45, 7) is 2.75. The zero-order valence-electron chi connectivity index (χ0n) is 12.2. The molecule has 0 aromatic heterocycles. The Morgan fingerprint density at radius 3 is 2.05 bits per heavy atom. The summed E-state index contributed by atoms with van der Waals surface area (Å²) in [6.07, 6.45) is 0. The van der Waals surface area contributed by atoms with Gasteiger partial charge >= 0.3 is 0 Å². The van der Waals surface area contributed by atoms with Crippen LogP contribution in [-0.4, -0.2) is 24.9 Å². The molecule has 2 aromatic rings. The maximum Gasteiger partial charge on any atom is 0.136 e. The van der Waals surface area contributed by atoms with Crippen molar-refractivity contribution in [3.05, 3.63) is 60.2 Å². The smallest absolute Gasteiger partial charge is 0.136 e. The number of ether oxygens (including phenoxy) is 2. The molecule has 0 saturated heterocycles. The zero-order chi connectivity index (χ0) is 15.1. The first kappa shape index (κ1) is 15.4. The lowest BCUT2D eigenvalue weighted by Crippen LogP contribution is -2.40. The fourth-order valence-electron chi connectivity index (χ4n) is 2.01. The van der Waals surface area contributed by atoms with Crippen LogP contribution < -0.4 is 15.2 Å². The van der Waals surface area contributed by atoms with Crippen molar-refractivity contribution in [1.29, 1.82) is 0 Å². The molecule has 21 heavy (non-hydrogen) atoms. The number of nitrogens with two attached hydrogens (primary N) is 1. The van der Waals surface area contributed by atoms with E-state index in [1.807, 2.05) is 61.5 Å². The molecule has 2 aromatic carbocycles. The van der Waals surface area contributed by atoms with Crippen LogP contribution in [0.4, 0.5) is 0 Å². The highest BCUT2D eigenvalue weighted by molar-refractivity contribution is 5.31. The average Bonchev–Trinajstić information content (AvgIpc) is 2.55. The first-order valence-electron chi connectivity index (χ1n) is 7.01. The Balaban J connectivity index is 2.03. The van der Waals surface area contributed by atoms with Crippen LogP contribution in [0.5, 0.6) is 11.5 Å². The largest absolute Gasteiger partial charge is 0.494 e. The van der Waals surface area contributed by atoms with Crippen LogP contribution in [0.25, 0.3) is 0 Å². The van der Waals surface area contributed by atoms with Crippen LogP contribution in [0.3, 0.4) is 0 Å². The summed E-state index contributed by atoms with van der Waals surface area (Å²) in [5, 5.41) is 10.6. The normalized spacial score (nSPS) is 13.5. The molecule has 0 amide bonds. The van der Waals surface area contributed by atoms with Gasteiger partial charge in [0.15, 0.2) is 0 Å². The molecule has 0 spiro atoms. The Morgan fingerprint density at radius 2 is 1.52 bits per heavy atom. The van der Waals surface area contributed by atoms with E-state index >= 15 is 0 Å². The minimum Gasteiger partial charge on any atom is -0.494 e. The Hall–Kier alpha value is -2.04. The lowest BCUT2D eigenvalue weighted by Gasteiger charge is -2.27. The molecule has 0 radical (unpaired) electrons. The molecule has 4 nitrogen and oxygen atoms in total. The van der Waals surface area contributed by atoms with E-state index < -0.39 is 5.60 Å². The average molecular weight is 287 g/mol. The molecule has 0 heterocycles. The molecule has 1 unspecified atom stereocenters. The Kier molecular flexibility index (Phi) is 5.20. The second-order valence-corrected chi connectivity index (χ2v) is 4.79. The van der Waals surface area contributed by atoms with Crippen molar-refractivity contribution in [3.8, 4) is 11.5 Å². The van der Waals surface area contributed by atoms with Crippen molar-refractivity contribution in [2.75, 3.05) is 19.8 Å². The van der Waals surface area contributed by atoms with Gasteiger partial charge < -0.3 is 20.3 Å². The van der Waals surface area contributed by atoms with Gasteiger partial charge in [0.05, 0.1) is 6.61 Å².